The minimum absolute atomic E-state index is 0.0788. The van der Waals surface area contributed by atoms with Crippen LogP contribution in [0.2, 0.25) is 0 Å². The van der Waals surface area contributed by atoms with Crippen LogP contribution in [0.5, 0.6) is 0 Å². The molecule has 0 aliphatic heterocycles. The minimum Gasteiger partial charge on any atom is -0.343 e. The van der Waals surface area contributed by atoms with Crippen LogP contribution < -0.4 is 10.8 Å². The van der Waals surface area contributed by atoms with Gasteiger partial charge in [0.25, 0.3) is 5.91 Å². The van der Waals surface area contributed by atoms with Gasteiger partial charge in [-0.25, -0.2) is 9.87 Å². The molecule has 0 saturated heterocycles. The Morgan fingerprint density at radius 3 is 2.48 bits per heavy atom. The number of aromatic nitrogens is 3. The SMILES string of the molecule is O=C(CC(Cc1ccc2ccccc2c1)C(NC(=O)c1ccc(F)cc1)c1cn[nH]n1)NO. The van der Waals surface area contributed by atoms with Gasteiger partial charge in [0.2, 0.25) is 5.91 Å². The second-order valence-corrected chi connectivity index (χ2v) is 7.74. The van der Waals surface area contributed by atoms with E-state index in [1.165, 1.54) is 30.5 Å². The molecule has 0 aliphatic rings. The van der Waals surface area contributed by atoms with Crippen molar-refractivity contribution < 1.29 is 19.2 Å². The van der Waals surface area contributed by atoms with E-state index in [4.69, 9.17) is 5.21 Å². The van der Waals surface area contributed by atoms with Gasteiger partial charge in [-0.1, -0.05) is 42.5 Å². The molecule has 8 nitrogen and oxygen atoms in total. The van der Waals surface area contributed by atoms with Crippen molar-refractivity contribution in [3.63, 3.8) is 0 Å². The smallest absolute Gasteiger partial charge is 0.251 e. The van der Waals surface area contributed by atoms with Crippen molar-refractivity contribution >= 4 is 22.6 Å². The van der Waals surface area contributed by atoms with Crippen molar-refractivity contribution in [3.8, 4) is 0 Å². The number of benzene rings is 3. The Morgan fingerprint density at radius 1 is 1.03 bits per heavy atom. The molecule has 0 fully saturated rings. The third-order valence-corrected chi connectivity index (χ3v) is 5.50. The fourth-order valence-corrected chi connectivity index (χ4v) is 3.88. The van der Waals surface area contributed by atoms with E-state index >= 15 is 0 Å². The molecule has 0 aliphatic carbocycles. The van der Waals surface area contributed by atoms with Gasteiger partial charge in [0.15, 0.2) is 0 Å². The molecule has 33 heavy (non-hydrogen) atoms. The van der Waals surface area contributed by atoms with Gasteiger partial charge in [0, 0.05) is 12.0 Å². The zero-order valence-corrected chi connectivity index (χ0v) is 17.5. The van der Waals surface area contributed by atoms with Crippen LogP contribution in [-0.4, -0.2) is 32.4 Å². The third-order valence-electron chi connectivity index (χ3n) is 5.50. The van der Waals surface area contributed by atoms with Crippen molar-refractivity contribution in [3.05, 3.63) is 95.6 Å². The summed E-state index contributed by atoms with van der Waals surface area (Å²) < 4.78 is 13.3. The Kier molecular flexibility index (Phi) is 6.70. The summed E-state index contributed by atoms with van der Waals surface area (Å²) in [5, 5.41) is 24.7. The second-order valence-electron chi connectivity index (χ2n) is 7.74. The average Bonchev–Trinajstić information content (AvgIpc) is 3.37. The predicted molar refractivity (Wildman–Crippen MR) is 119 cm³/mol. The molecular formula is C24H22FN5O3. The number of nitrogens with zero attached hydrogens (tertiary/aromatic N) is 2. The first-order chi connectivity index (χ1) is 16.0. The van der Waals surface area contributed by atoms with Gasteiger partial charge in [0.1, 0.15) is 11.5 Å². The quantitative estimate of drug-likeness (QED) is 0.244. The maximum absolute atomic E-state index is 13.3. The lowest BCUT2D eigenvalue weighted by molar-refractivity contribution is -0.130. The van der Waals surface area contributed by atoms with Crippen LogP contribution >= 0.6 is 0 Å². The molecule has 3 aromatic carbocycles. The lowest BCUT2D eigenvalue weighted by Crippen LogP contribution is -2.37. The van der Waals surface area contributed by atoms with Gasteiger partial charge in [0.05, 0.1) is 12.2 Å². The van der Waals surface area contributed by atoms with Gasteiger partial charge in [-0.15, -0.1) is 0 Å². The van der Waals surface area contributed by atoms with E-state index in [1.54, 1.807) is 5.48 Å². The highest BCUT2D eigenvalue weighted by atomic mass is 19.1. The van der Waals surface area contributed by atoms with Gasteiger partial charge in [-0.2, -0.15) is 15.4 Å². The van der Waals surface area contributed by atoms with E-state index in [1.807, 2.05) is 42.5 Å². The van der Waals surface area contributed by atoms with E-state index in [2.05, 4.69) is 20.7 Å². The molecule has 2 unspecified atom stereocenters. The summed E-state index contributed by atoms with van der Waals surface area (Å²) in [6.45, 7) is 0. The number of aromatic amines is 1. The van der Waals surface area contributed by atoms with Crippen LogP contribution in [-0.2, 0) is 11.2 Å². The van der Waals surface area contributed by atoms with E-state index in [0.717, 1.165) is 16.3 Å². The summed E-state index contributed by atoms with van der Waals surface area (Å²) in [6, 6.07) is 18.4. The molecule has 168 valence electrons. The second kappa shape index (κ2) is 10.0. The summed E-state index contributed by atoms with van der Waals surface area (Å²) in [5.41, 5.74) is 3.32. The first-order valence-corrected chi connectivity index (χ1v) is 10.4. The van der Waals surface area contributed by atoms with Crippen molar-refractivity contribution in [2.45, 2.75) is 18.9 Å². The molecule has 4 aromatic rings. The number of nitrogens with one attached hydrogen (secondary N) is 3. The molecular weight excluding hydrogens is 425 g/mol. The number of rotatable bonds is 8. The fraction of sp³-hybridized carbons (Fsp3) is 0.167. The first kappa shape index (κ1) is 22.1. The predicted octanol–water partition coefficient (Wildman–Crippen LogP) is 3.32. The number of hydroxylamine groups is 1. The van der Waals surface area contributed by atoms with Gasteiger partial charge >= 0.3 is 0 Å². The largest absolute Gasteiger partial charge is 0.343 e. The molecule has 4 rings (SSSR count). The normalized spacial score (nSPS) is 12.8. The number of H-pyrrole nitrogens is 1. The Labute approximate surface area is 188 Å². The number of hydrogen-bond acceptors (Lipinski definition) is 5. The summed E-state index contributed by atoms with van der Waals surface area (Å²) >= 11 is 0. The summed E-state index contributed by atoms with van der Waals surface area (Å²) in [7, 11) is 0. The number of carbonyl (C=O) groups is 2. The van der Waals surface area contributed by atoms with Crippen molar-refractivity contribution in [1.29, 1.82) is 0 Å². The van der Waals surface area contributed by atoms with E-state index in [0.29, 0.717) is 12.1 Å². The van der Waals surface area contributed by atoms with Crippen LogP contribution in [0.4, 0.5) is 4.39 Å². The van der Waals surface area contributed by atoms with E-state index in [-0.39, 0.29) is 12.0 Å². The Balaban J connectivity index is 1.66. The van der Waals surface area contributed by atoms with Crippen molar-refractivity contribution in [2.24, 2.45) is 5.92 Å². The fourth-order valence-electron chi connectivity index (χ4n) is 3.88. The molecule has 0 saturated carbocycles. The van der Waals surface area contributed by atoms with E-state index < -0.39 is 29.6 Å². The summed E-state index contributed by atoms with van der Waals surface area (Å²) in [5.74, 6) is -1.96. The van der Waals surface area contributed by atoms with Crippen LogP contribution in [0, 0.1) is 11.7 Å². The van der Waals surface area contributed by atoms with Gasteiger partial charge < -0.3 is 5.32 Å². The first-order valence-electron chi connectivity index (χ1n) is 10.4. The molecule has 2 amide bonds. The molecule has 0 radical (unpaired) electrons. The third kappa shape index (κ3) is 5.39. The van der Waals surface area contributed by atoms with Crippen molar-refractivity contribution in [1.82, 2.24) is 26.2 Å². The highest BCUT2D eigenvalue weighted by Gasteiger charge is 2.30. The lowest BCUT2D eigenvalue weighted by Gasteiger charge is -2.26. The number of hydrogen-bond donors (Lipinski definition) is 4. The number of fused-ring (bicyclic) bond motifs is 1. The zero-order valence-electron chi connectivity index (χ0n) is 17.5. The molecule has 0 spiro atoms. The van der Waals surface area contributed by atoms with Crippen LogP contribution in [0.3, 0.4) is 0 Å². The Hall–Kier alpha value is -4.11. The van der Waals surface area contributed by atoms with Crippen LogP contribution in [0.25, 0.3) is 10.8 Å². The molecule has 1 heterocycles. The standard InChI is InChI=1S/C24H22FN5O3/c25-20-9-7-17(8-10-20)24(32)27-23(21-14-26-30-28-21)19(13-22(31)29-33)12-15-5-6-16-3-1-2-4-18(16)11-15/h1-11,14,19,23,33H,12-13H2,(H,27,32)(H,29,31)(H,26,28,30). The Morgan fingerprint density at radius 2 is 1.79 bits per heavy atom. The van der Waals surface area contributed by atoms with Gasteiger partial charge in [-0.3, -0.25) is 14.8 Å². The zero-order chi connectivity index (χ0) is 23.2. The minimum atomic E-state index is -0.704. The highest BCUT2D eigenvalue weighted by molar-refractivity contribution is 5.94. The van der Waals surface area contributed by atoms with E-state index in [9.17, 15) is 14.0 Å². The topological polar surface area (TPSA) is 120 Å². The molecule has 1 aromatic heterocycles. The molecule has 9 heteroatoms. The maximum atomic E-state index is 13.3. The Bertz CT molecular complexity index is 1240. The monoisotopic (exact) mass is 447 g/mol. The maximum Gasteiger partial charge on any atom is 0.251 e. The van der Waals surface area contributed by atoms with Crippen LogP contribution in [0.1, 0.15) is 34.1 Å². The van der Waals surface area contributed by atoms with Crippen LogP contribution in [0.15, 0.2) is 72.9 Å². The number of halogens is 1. The lowest BCUT2D eigenvalue weighted by atomic mass is 9.86. The molecule has 2 atom stereocenters. The number of carbonyl (C=O) groups excluding carboxylic acids is 2. The molecule has 4 N–H and O–H groups in total. The average molecular weight is 447 g/mol. The summed E-state index contributed by atoms with van der Waals surface area (Å²) in [6.07, 6.45) is 1.81. The molecule has 0 bridgehead atoms. The van der Waals surface area contributed by atoms with Crippen molar-refractivity contribution in [2.75, 3.05) is 0 Å². The van der Waals surface area contributed by atoms with Gasteiger partial charge in [-0.05, 0) is 52.9 Å². The summed E-state index contributed by atoms with van der Waals surface area (Å²) in [4.78, 5) is 25.0. The number of amides is 2. The highest BCUT2D eigenvalue weighted by Crippen LogP contribution is 2.29.